The van der Waals surface area contributed by atoms with E-state index in [1.165, 1.54) is 24.3 Å². The van der Waals surface area contributed by atoms with E-state index in [-0.39, 0.29) is 0 Å². The predicted molar refractivity (Wildman–Crippen MR) is 49.9 cm³/mol. The lowest BCUT2D eigenvalue weighted by atomic mass is 10.1. The summed E-state index contributed by atoms with van der Waals surface area (Å²) >= 11 is 0. The van der Waals surface area contributed by atoms with E-state index in [4.69, 9.17) is 10.5 Å². The molecule has 1 aromatic rings. The SMILES string of the molecule is N#Cc1cc(C#N)cc(/C=C/C(=O)[O-])c1. The van der Waals surface area contributed by atoms with Crippen LogP contribution in [0.4, 0.5) is 0 Å². The molecule has 0 aliphatic rings. The normalized spacial score (nSPS) is 9.47. The second-order valence-corrected chi connectivity index (χ2v) is 2.72. The molecule has 0 aliphatic heterocycles. The van der Waals surface area contributed by atoms with E-state index in [0.717, 1.165) is 6.08 Å². The quantitative estimate of drug-likeness (QED) is 0.633. The summed E-state index contributed by atoms with van der Waals surface area (Å²) in [5, 5.41) is 27.4. The number of carbonyl (C=O) groups is 1. The molecule has 0 amide bonds. The van der Waals surface area contributed by atoms with Gasteiger partial charge in [-0.2, -0.15) is 10.5 Å². The van der Waals surface area contributed by atoms with Crippen molar-refractivity contribution in [3.8, 4) is 12.1 Å². The van der Waals surface area contributed by atoms with Gasteiger partial charge in [0.2, 0.25) is 0 Å². The average Bonchev–Trinajstić information content (AvgIpc) is 2.25. The zero-order valence-electron chi connectivity index (χ0n) is 7.60. The smallest absolute Gasteiger partial charge is 0.0992 e. The van der Waals surface area contributed by atoms with Crippen LogP contribution in [0.15, 0.2) is 24.3 Å². The van der Waals surface area contributed by atoms with E-state index in [1.54, 1.807) is 0 Å². The molecule has 0 heterocycles. The number of rotatable bonds is 2. The molecular weight excluding hydrogens is 192 g/mol. The second-order valence-electron chi connectivity index (χ2n) is 2.72. The van der Waals surface area contributed by atoms with Crippen LogP contribution in [0.2, 0.25) is 0 Å². The van der Waals surface area contributed by atoms with E-state index in [0.29, 0.717) is 16.7 Å². The first-order valence-electron chi connectivity index (χ1n) is 4.00. The third-order valence-corrected chi connectivity index (χ3v) is 1.63. The van der Waals surface area contributed by atoms with Crippen molar-refractivity contribution < 1.29 is 9.90 Å². The van der Waals surface area contributed by atoms with Crippen LogP contribution in [0, 0.1) is 22.7 Å². The van der Waals surface area contributed by atoms with Gasteiger partial charge in [-0.25, -0.2) is 0 Å². The van der Waals surface area contributed by atoms with Gasteiger partial charge in [-0.05, 0) is 29.8 Å². The summed E-state index contributed by atoms with van der Waals surface area (Å²) in [5.41, 5.74) is 1.11. The molecule has 0 N–H and O–H groups in total. The number of nitrogens with zero attached hydrogens (tertiary/aromatic N) is 2. The van der Waals surface area contributed by atoms with E-state index in [1.807, 2.05) is 12.1 Å². The molecule has 0 saturated heterocycles. The van der Waals surface area contributed by atoms with Crippen molar-refractivity contribution in [2.45, 2.75) is 0 Å². The molecule has 0 bridgehead atoms. The maximum Gasteiger partial charge on any atom is 0.0992 e. The summed E-state index contributed by atoms with van der Waals surface area (Å²) < 4.78 is 0. The number of carboxylic acid groups (broad SMARTS) is 1. The number of carbonyl (C=O) groups excluding carboxylic acids is 1. The molecule has 0 unspecified atom stereocenters. The van der Waals surface area contributed by atoms with Gasteiger partial charge in [0.15, 0.2) is 0 Å². The lowest BCUT2D eigenvalue weighted by Gasteiger charge is -1.97. The first-order chi connectivity index (χ1) is 7.15. The van der Waals surface area contributed by atoms with Gasteiger partial charge < -0.3 is 9.90 Å². The lowest BCUT2D eigenvalue weighted by molar-refractivity contribution is -0.297. The van der Waals surface area contributed by atoms with Gasteiger partial charge >= 0.3 is 0 Å². The molecule has 1 aromatic carbocycles. The third-order valence-electron chi connectivity index (χ3n) is 1.63. The maximum absolute atomic E-state index is 10.2. The highest BCUT2D eigenvalue weighted by atomic mass is 16.4. The van der Waals surface area contributed by atoms with Gasteiger partial charge in [0, 0.05) is 0 Å². The highest BCUT2D eigenvalue weighted by Crippen LogP contribution is 2.10. The van der Waals surface area contributed by atoms with Crippen LogP contribution in [0.1, 0.15) is 16.7 Å². The predicted octanol–water partition coefficient (Wildman–Crippen LogP) is 0.193. The fraction of sp³-hybridized carbons (Fsp3) is 0. The van der Waals surface area contributed by atoms with Crippen molar-refractivity contribution in [3.63, 3.8) is 0 Å². The Hall–Kier alpha value is -2.59. The molecule has 0 atom stereocenters. The molecule has 0 radical (unpaired) electrons. The van der Waals surface area contributed by atoms with Gasteiger partial charge in [0.05, 0.1) is 29.2 Å². The Bertz CT molecular complexity index is 472. The Morgan fingerprint density at radius 3 is 2.13 bits per heavy atom. The van der Waals surface area contributed by atoms with E-state index >= 15 is 0 Å². The number of hydrogen-bond acceptors (Lipinski definition) is 4. The first-order valence-corrected chi connectivity index (χ1v) is 4.00. The third kappa shape index (κ3) is 2.98. The molecule has 0 aromatic heterocycles. The van der Waals surface area contributed by atoms with Crippen molar-refractivity contribution in [2.24, 2.45) is 0 Å². The zero-order chi connectivity index (χ0) is 11.3. The molecule has 15 heavy (non-hydrogen) atoms. The van der Waals surface area contributed by atoms with Crippen molar-refractivity contribution in [1.29, 1.82) is 10.5 Å². The Kier molecular flexibility index (Phi) is 3.21. The van der Waals surface area contributed by atoms with Crippen molar-refractivity contribution in [1.82, 2.24) is 0 Å². The molecule has 0 spiro atoms. The Morgan fingerprint density at radius 2 is 1.73 bits per heavy atom. The van der Waals surface area contributed by atoms with Gasteiger partial charge in [-0.3, -0.25) is 0 Å². The van der Waals surface area contributed by atoms with Crippen molar-refractivity contribution in [2.75, 3.05) is 0 Å². The average molecular weight is 197 g/mol. The minimum Gasteiger partial charge on any atom is -0.545 e. The van der Waals surface area contributed by atoms with Gasteiger partial charge in [0.25, 0.3) is 0 Å². The van der Waals surface area contributed by atoms with E-state index in [2.05, 4.69) is 0 Å². The summed E-state index contributed by atoms with van der Waals surface area (Å²) in [4.78, 5) is 10.2. The fourth-order valence-electron chi connectivity index (χ4n) is 1.04. The zero-order valence-corrected chi connectivity index (χ0v) is 7.60. The molecule has 72 valence electrons. The van der Waals surface area contributed by atoms with E-state index in [9.17, 15) is 9.90 Å². The Labute approximate surface area is 86.3 Å². The van der Waals surface area contributed by atoms with Crippen LogP contribution in [0.5, 0.6) is 0 Å². The largest absolute Gasteiger partial charge is 0.545 e. The van der Waals surface area contributed by atoms with Crippen LogP contribution in [-0.4, -0.2) is 5.97 Å². The minimum absolute atomic E-state index is 0.312. The fourth-order valence-corrected chi connectivity index (χ4v) is 1.04. The maximum atomic E-state index is 10.2. The number of carboxylic acids is 1. The Morgan fingerprint density at radius 1 is 1.20 bits per heavy atom. The molecule has 0 aliphatic carbocycles. The molecule has 1 rings (SSSR count). The lowest BCUT2D eigenvalue weighted by Crippen LogP contribution is -2.18. The summed E-state index contributed by atoms with van der Waals surface area (Å²) in [6.07, 6.45) is 2.12. The van der Waals surface area contributed by atoms with Crippen molar-refractivity contribution >= 4 is 12.0 Å². The summed E-state index contributed by atoms with van der Waals surface area (Å²) in [7, 11) is 0. The van der Waals surface area contributed by atoms with Crippen LogP contribution in [-0.2, 0) is 4.79 Å². The molecule has 4 nitrogen and oxygen atoms in total. The van der Waals surface area contributed by atoms with Gasteiger partial charge in [0.1, 0.15) is 0 Å². The summed E-state index contributed by atoms with van der Waals surface area (Å²) in [5.74, 6) is -1.32. The number of hydrogen-bond donors (Lipinski definition) is 0. The van der Waals surface area contributed by atoms with Crippen LogP contribution in [0.3, 0.4) is 0 Å². The number of aliphatic carboxylic acids is 1. The topological polar surface area (TPSA) is 87.7 Å². The number of nitriles is 2. The van der Waals surface area contributed by atoms with Crippen LogP contribution in [0.25, 0.3) is 6.08 Å². The first kappa shape index (κ1) is 10.5. The molecule has 0 saturated carbocycles. The summed E-state index contributed by atoms with van der Waals surface area (Å²) in [6.45, 7) is 0. The van der Waals surface area contributed by atoms with Crippen LogP contribution >= 0.6 is 0 Å². The monoisotopic (exact) mass is 197 g/mol. The highest BCUT2D eigenvalue weighted by molar-refractivity contribution is 5.83. The van der Waals surface area contributed by atoms with Gasteiger partial charge in [-0.15, -0.1) is 0 Å². The minimum atomic E-state index is -1.32. The van der Waals surface area contributed by atoms with E-state index < -0.39 is 5.97 Å². The highest BCUT2D eigenvalue weighted by Gasteiger charge is 1.97. The second kappa shape index (κ2) is 4.59. The number of benzene rings is 1. The standard InChI is InChI=1S/C11H6N2O2/c12-6-9-3-8(1-2-11(14)15)4-10(5-9)7-13/h1-5H,(H,14,15)/p-1/b2-1+. The Balaban J connectivity index is 3.15. The van der Waals surface area contributed by atoms with Crippen molar-refractivity contribution in [3.05, 3.63) is 41.0 Å². The van der Waals surface area contributed by atoms with Crippen LogP contribution < -0.4 is 5.11 Å². The molecule has 0 fully saturated rings. The van der Waals surface area contributed by atoms with Gasteiger partial charge in [-0.1, -0.05) is 6.08 Å². The molecule has 4 heteroatoms. The molecular formula is C11H5N2O2-. The summed E-state index contributed by atoms with van der Waals surface area (Å²) in [6, 6.07) is 8.16.